The number of carbonyl (C=O) groups excluding carboxylic acids is 1. The molecule has 0 heterocycles. The first-order valence-corrected chi connectivity index (χ1v) is 9.03. The largest absolute Gasteiger partial charge is 0.356 e. The van der Waals surface area contributed by atoms with Gasteiger partial charge < -0.3 is 20.9 Å². The van der Waals surface area contributed by atoms with Gasteiger partial charge in [0.25, 0.3) is 5.91 Å². The van der Waals surface area contributed by atoms with Crippen molar-refractivity contribution in [2.24, 2.45) is 4.99 Å². The molecule has 1 amide bonds. The van der Waals surface area contributed by atoms with E-state index in [1.165, 1.54) is 12.8 Å². The summed E-state index contributed by atoms with van der Waals surface area (Å²) in [4.78, 5) is 18.5. The predicted octanol–water partition coefficient (Wildman–Crippen LogP) is 1.83. The van der Waals surface area contributed by atoms with Crippen LogP contribution in [0.25, 0.3) is 0 Å². The molecular weight excluding hydrogens is 314 g/mol. The summed E-state index contributed by atoms with van der Waals surface area (Å²) in [6.07, 6.45) is 3.56. The molecule has 0 bridgehead atoms. The third kappa shape index (κ3) is 9.10. The minimum atomic E-state index is -0.0363. The van der Waals surface area contributed by atoms with Crippen molar-refractivity contribution in [2.75, 3.05) is 40.8 Å². The minimum Gasteiger partial charge on any atom is -0.356 e. The van der Waals surface area contributed by atoms with E-state index in [0.29, 0.717) is 18.7 Å². The van der Waals surface area contributed by atoms with Crippen LogP contribution in [0.4, 0.5) is 0 Å². The summed E-state index contributed by atoms with van der Waals surface area (Å²) in [5.41, 5.74) is 1.74. The van der Waals surface area contributed by atoms with Crippen molar-refractivity contribution >= 4 is 11.9 Å². The molecule has 0 saturated heterocycles. The lowest BCUT2D eigenvalue weighted by atomic mass is 10.1. The molecule has 0 aliphatic heterocycles. The zero-order valence-electron chi connectivity index (χ0n) is 16.1. The summed E-state index contributed by atoms with van der Waals surface area (Å²) in [6.45, 7) is 5.21. The van der Waals surface area contributed by atoms with Crippen molar-refractivity contribution in [2.45, 2.75) is 32.7 Å². The fourth-order valence-corrected chi connectivity index (χ4v) is 2.31. The molecular formula is C19H33N5O. The molecule has 1 aromatic rings. The van der Waals surface area contributed by atoms with Gasteiger partial charge in [-0.1, -0.05) is 31.9 Å². The van der Waals surface area contributed by atoms with Gasteiger partial charge in [0.15, 0.2) is 5.96 Å². The quantitative estimate of drug-likeness (QED) is 0.343. The Hall–Kier alpha value is -2.08. The maximum atomic E-state index is 12.2. The lowest BCUT2D eigenvalue weighted by Gasteiger charge is -2.13. The van der Waals surface area contributed by atoms with Gasteiger partial charge in [-0.05, 0) is 38.2 Å². The van der Waals surface area contributed by atoms with Gasteiger partial charge in [0.2, 0.25) is 0 Å². The normalized spacial score (nSPS) is 11.5. The second-order valence-electron chi connectivity index (χ2n) is 6.32. The topological polar surface area (TPSA) is 68.8 Å². The lowest BCUT2D eigenvalue weighted by molar-refractivity contribution is 0.0951. The molecule has 0 saturated carbocycles. The van der Waals surface area contributed by atoms with E-state index < -0.39 is 0 Å². The van der Waals surface area contributed by atoms with Crippen molar-refractivity contribution in [3.05, 3.63) is 35.4 Å². The lowest BCUT2D eigenvalue weighted by Crippen LogP contribution is -2.37. The summed E-state index contributed by atoms with van der Waals surface area (Å²) >= 11 is 0. The van der Waals surface area contributed by atoms with Crippen LogP contribution in [-0.4, -0.2) is 57.5 Å². The Labute approximate surface area is 152 Å². The molecule has 0 aromatic heterocycles. The van der Waals surface area contributed by atoms with E-state index in [-0.39, 0.29) is 5.91 Å². The average Bonchev–Trinajstić information content (AvgIpc) is 2.61. The van der Waals surface area contributed by atoms with Gasteiger partial charge in [-0.15, -0.1) is 0 Å². The number of likely N-dealkylation sites (N-methyl/N-ethyl adjacent to an activating group) is 1. The molecule has 140 valence electrons. The van der Waals surface area contributed by atoms with Crippen molar-refractivity contribution in [1.29, 1.82) is 0 Å². The maximum absolute atomic E-state index is 12.2. The summed E-state index contributed by atoms with van der Waals surface area (Å²) in [5.74, 6) is 0.753. The first kappa shape index (κ1) is 21.0. The fourth-order valence-electron chi connectivity index (χ4n) is 2.31. The molecule has 0 aliphatic carbocycles. The van der Waals surface area contributed by atoms with Gasteiger partial charge in [-0.2, -0.15) is 0 Å². The molecule has 0 fully saturated rings. The van der Waals surface area contributed by atoms with Crippen LogP contribution < -0.4 is 16.0 Å². The molecule has 0 aliphatic rings. The van der Waals surface area contributed by atoms with Crippen LogP contribution in [-0.2, 0) is 6.54 Å². The number of nitrogens with one attached hydrogen (secondary N) is 3. The Morgan fingerprint density at radius 1 is 1.12 bits per heavy atom. The molecule has 3 N–H and O–H groups in total. The van der Waals surface area contributed by atoms with Gasteiger partial charge in [-0.25, -0.2) is 0 Å². The highest BCUT2D eigenvalue weighted by atomic mass is 16.1. The van der Waals surface area contributed by atoms with Gasteiger partial charge >= 0.3 is 0 Å². The second kappa shape index (κ2) is 12.3. The highest BCUT2D eigenvalue weighted by Gasteiger charge is 2.06. The van der Waals surface area contributed by atoms with E-state index in [0.717, 1.165) is 31.0 Å². The third-order valence-corrected chi connectivity index (χ3v) is 3.79. The smallest absolute Gasteiger partial charge is 0.251 e. The first-order valence-electron chi connectivity index (χ1n) is 9.03. The van der Waals surface area contributed by atoms with E-state index in [4.69, 9.17) is 0 Å². The van der Waals surface area contributed by atoms with Gasteiger partial charge in [0, 0.05) is 38.8 Å². The molecule has 6 heteroatoms. The number of carbonyl (C=O) groups is 1. The third-order valence-electron chi connectivity index (χ3n) is 3.79. The zero-order valence-corrected chi connectivity index (χ0v) is 16.1. The number of rotatable bonds is 10. The van der Waals surface area contributed by atoms with Crippen molar-refractivity contribution < 1.29 is 4.79 Å². The Kier molecular flexibility index (Phi) is 10.3. The van der Waals surface area contributed by atoms with Crippen LogP contribution >= 0.6 is 0 Å². The first-order chi connectivity index (χ1) is 12.1. The summed E-state index contributed by atoms with van der Waals surface area (Å²) in [5, 5.41) is 9.53. The van der Waals surface area contributed by atoms with Crippen LogP contribution in [0.15, 0.2) is 29.3 Å². The van der Waals surface area contributed by atoms with Gasteiger partial charge in [0.1, 0.15) is 0 Å². The second-order valence-corrected chi connectivity index (χ2v) is 6.32. The molecule has 6 nitrogen and oxygen atoms in total. The number of amides is 1. The predicted molar refractivity (Wildman–Crippen MR) is 105 cm³/mol. The monoisotopic (exact) mass is 347 g/mol. The number of guanidine groups is 1. The van der Waals surface area contributed by atoms with Crippen LogP contribution in [0.5, 0.6) is 0 Å². The number of benzene rings is 1. The summed E-state index contributed by atoms with van der Waals surface area (Å²) < 4.78 is 0. The van der Waals surface area contributed by atoms with E-state index in [1.54, 1.807) is 7.05 Å². The highest BCUT2D eigenvalue weighted by molar-refractivity contribution is 5.94. The SMILES string of the molecule is CCCCCNC(=NC)NCc1cccc(C(=O)NCCN(C)C)c1. The van der Waals surface area contributed by atoms with Gasteiger partial charge in [0.05, 0.1) is 0 Å². The van der Waals surface area contributed by atoms with Crippen molar-refractivity contribution in [3.63, 3.8) is 0 Å². The summed E-state index contributed by atoms with van der Waals surface area (Å²) in [7, 11) is 5.74. The van der Waals surface area contributed by atoms with Crippen LogP contribution in [0.3, 0.4) is 0 Å². The molecule has 0 radical (unpaired) electrons. The summed E-state index contributed by atoms with van der Waals surface area (Å²) in [6, 6.07) is 7.68. The Morgan fingerprint density at radius 2 is 1.92 bits per heavy atom. The standard InChI is InChI=1S/C19H33N5O/c1-5-6-7-11-22-19(20-2)23-15-16-9-8-10-17(14-16)18(25)21-12-13-24(3)4/h8-10,14H,5-7,11-13,15H2,1-4H3,(H,21,25)(H2,20,22,23). The molecule has 1 aromatic carbocycles. The number of unbranched alkanes of at least 4 members (excludes halogenated alkanes) is 2. The van der Waals surface area contributed by atoms with Crippen molar-refractivity contribution in [3.8, 4) is 0 Å². The zero-order chi connectivity index (χ0) is 18.5. The Balaban J connectivity index is 2.47. The van der Waals surface area contributed by atoms with Crippen LogP contribution in [0.1, 0.15) is 42.1 Å². The van der Waals surface area contributed by atoms with E-state index in [1.807, 2.05) is 43.3 Å². The Morgan fingerprint density at radius 3 is 2.60 bits per heavy atom. The Bertz CT molecular complexity index is 542. The van der Waals surface area contributed by atoms with E-state index in [9.17, 15) is 4.79 Å². The van der Waals surface area contributed by atoms with E-state index >= 15 is 0 Å². The maximum Gasteiger partial charge on any atom is 0.251 e. The molecule has 0 spiro atoms. The molecule has 0 atom stereocenters. The highest BCUT2D eigenvalue weighted by Crippen LogP contribution is 2.05. The average molecular weight is 348 g/mol. The number of hydrogen-bond acceptors (Lipinski definition) is 3. The number of aliphatic imine (C=N–C) groups is 1. The van der Waals surface area contributed by atoms with Crippen LogP contribution in [0.2, 0.25) is 0 Å². The van der Waals surface area contributed by atoms with Crippen LogP contribution in [0, 0.1) is 0 Å². The number of hydrogen-bond donors (Lipinski definition) is 3. The number of nitrogens with zero attached hydrogens (tertiary/aromatic N) is 2. The molecule has 25 heavy (non-hydrogen) atoms. The molecule has 0 unspecified atom stereocenters. The van der Waals surface area contributed by atoms with Crippen molar-refractivity contribution in [1.82, 2.24) is 20.9 Å². The van der Waals surface area contributed by atoms with E-state index in [2.05, 4.69) is 27.9 Å². The minimum absolute atomic E-state index is 0.0363. The molecule has 1 rings (SSSR count). The fraction of sp³-hybridized carbons (Fsp3) is 0.579. The van der Waals surface area contributed by atoms with Gasteiger partial charge in [-0.3, -0.25) is 9.79 Å².